The number of aromatic nitrogens is 3. The third-order valence-electron chi connectivity index (χ3n) is 3.97. The number of hydrogen-bond donors (Lipinski definition) is 2. The first kappa shape index (κ1) is 16.0. The second-order valence-corrected chi connectivity index (χ2v) is 5.98. The van der Waals surface area contributed by atoms with Crippen molar-refractivity contribution in [3.05, 3.63) is 42.2 Å². The van der Waals surface area contributed by atoms with Gasteiger partial charge in [0.25, 0.3) is 0 Å². The number of amides is 1. The topological polar surface area (TPSA) is 93.0 Å². The standard InChI is InChI=1S/C17H20N4O3/c1-10(2)16(17-19-9-24-21-17)20-15(22)6-11-8-18-14-5-4-12(23-3)7-13(11)14/h4-5,7-10,16,18H,6H2,1-3H3,(H,20,22). The number of nitrogens with zero attached hydrogens (tertiary/aromatic N) is 2. The van der Waals surface area contributed by atoms with E-state index in [1.54, 1.807) is 7.11 Å². The zero-order chi connectivity index (χ0) is 17.1. The molecule has 2 heterocycles. The van der Waals surface area contributed by atoms with Crippen molar-refractivity contribution in [1.29, 1.82) is 0 Å². The Morgan fingerprint density at radius 2 is 2.25 bits per heavy atom. The summed E-state index contributed by atoms with van der Waals surface area (Å²) in [5, 5.41) is 7.80. The Hall–Kier alpha value is -2.83. The molecule has 0 saturated heterocycles. The van der Waals surface area contributed by atoms with Crippen molar-refractivity contribution >= 4 is 16.8 Å². The second kappa shape index (κ2) is 6.74. The fourth-order valence-corrected chi connectivity index (χ4v) is 2.67. The fourth-order valence-electron chi connectivity index (χ4n) is 2.67. The maximum Gasteiger partial charge on any atom is 0.225 e. The molecule has 0 fully saturated rings. The summed E-state index contributed by atoms with van der Waals surface area (Å²) >= 11 is 0. The average Bonchev–Trinajstić information content (AvgIpc) is 3.22. The van der Waals surface area contributed by atoms with Crippen LogP contribution in [0.25, 0.3) is 10.9 Å². The minimum absolute atomic E-state index is 0.0952. The smallest absolute Gasteiger partial charge is 0.225 e. The first-order valence-electron chi connectivity index (χ1n) is 7.78. The number of H-pyrrole nitrogens is 1. The summed E-state index contributed by atoms with van der Waals surface area (Å²) in [7, 11) is 1.62. The first-order valence-corrected chi connectivity index (χ1v) is 7.78. The van der Waals surface area contributed by atoms with Crippen LogP contribution in [0.3, 0.4) is 0 Å². The van der Waals surface area contributed by atoms with E-state index in [9.17, 15) is 4.79 Å². The number of ether oxygens (including phenoxy) is 1. The highest BCUT2D eigenvalue weighted by Crippen LogP contribution is 2.24. The molecule has 0 bridgehead atoms. The van der Waals surface area contributed by atoms with Gasteiger partial charge in [0.15, 0.2) is 5.82 Å². The summed E-state index contributed by atoms with van der Waals surface area (Å²) in [6, 6.07) is 5.46. The molecule has 24 heavy (non-hydrogen) atoms. The molecule has 126 valence electrons. The van der Waals surface area contributed by atoms with Gasteiger partial charge in [-0.1, -0.05) is 19.0 Å². The molecule has 1 aromatic carbocycles. The average molecular weight is 328 g/mol. The van der Waals surface area contributed by atoms with Gasteiger partial charge >= 0.3 is 0 Å². The molecule has 1 unspecified atom stereocenters. The van der Waals surface area contributed by atoms with Crippen molar-refractivity contribution in [3.63, 3.8) is 0 Å². The maximum atomic E-state index is 12.5. The van der Waals surface area contributed by atoms with E-state index in [-0.39, 0.29) is 24.3 Å². The highest BCUT2D eigenvalue weighted by atomic mass is 16.5. The molecule has 7 heteroatoms. The van der Waals surface area contributed by atoms with Crippen molar-refractivity contribution < 1.29 is 14.1 Å². The molecule has 0 spiro atoms. The Labute approximate surface area is 139 Å². The summed E-state index contributed by atoms with van der Waals surface area (Å²) in [4.78, 5) is 19.7. The van der Waals surface area contributed by atoms with E-state index in [0.717, 1.165) is 22.2 Å². The van der Waals surface area contributed by atoms with E-state index >= 15 is 0 Å². The highest BCUT2D eigenvalue weighted by Gasteiger charge is 2.22. The van der Waals surface area contributed by atoms with E-state index in [0.29, 0.717) is 5.82 Å². The number of nitrogens with one attached hydrogen (secondary N) is 2. The van der Waals surface area contributed by atoms with Crippen LogP contribution in [0.4, 0.5) is 0 Å². The van der Waals surface area contributed by atoms with Crippen LogP contribution in [-0.2, 0) is 11.2 Å². The maximum absolute atomic E-state index is 12.5. The predicted molar refractivity (Wildman–Crippen MR) is 88.6 cm³/mol. The van der Waals surface area contributed by atoms with E-state index in [1.165, 1.54) is 6.39 Å². The van der Waals surface area contributed by atoms with Crippen LogP contribution in [0.15, 0.2) is 35.3 Å². The Morgan fingerprint density at radius 1 is 1.42 bits per heavy atom. The monoisotopic (exact) mass is 328 g/mol. The van der Waals surface area contributed by atoms with Crippen molar-refractivity contribution in [2.45, 2.75) is 26.3 Å². The van der Waals surface area contributed by atoms with Gasteiger partial charge in [-0.2, -0.15) is 4.98 Å². The number of rotatable bonds is 6. The Balaban J connectivity index is 1.77. The molecule has 1 amide bonds. The lowest BCUT2D eigenvalue weighted by molar-refractivity contribution is -0.121. The molecule has 0 aliphatic rings. The lowest BCUT2D eigenvalue weighted by Gasteiger charge is -2.18. The van der Waals surface area contributed by atoms with E-state index in [1.807, 2.05) is 38.2 Å². The van der Waals surface area contributed by atoms with Gasteiger partial charge in [0, 0.05) is 17.1 Å². The third kappa shape index (κ3) is 3.24. The molecule has 0 aliphatic heterocycles. The van der Waals surface area contributed by atoms with Gasteiger partial charge in [0.05, 0.1) is 19.6 Å². The normalized spacial score (nSPS) is 12.5. The van der Waals surface area contributed by atoms with Crippen molar-refractivity contribution in [3.8, 4) is 5.75 Å². The summed E-state index contributed by atoms with van der Waals surface area (Å²) in [5.41, 5.74) is 1.88. The fraction of sp³-hybridized carbons (Fsp3) is 0.353. The molecule has 2 N–H and O–H groups in total. The van der Waals surface area contributed by atoms with Gasteiger partial charge < -0.3 is 19.6 Å². The van der Waals surface area contributed by atoms with Gasteiger partial charge in [-0.3, -0.25) is 4.79 Å². The summed E-state index contributed by atoms with van der Waals surface area (Å²) < 4.78 is 10.0. The third-order valence-corrected chi connectivity index (χ3v) is 3.97. The van der Waals surface area contributed by atoms with Crippen molar-refractivity contribution in [2.24, 2.45) is 5.92 Å². The van der Waals surface area contributed by atoms with E-state index in [2.05, 4.69) is 20.4 Å². The lowest BCUT2D eigenvalue weighted by Crippen LogP contribution is -2.33. The molecule has 7 nitrogen and oxygen atoms in total. The minimum Gasteiger partial charge on any atom is -0.497 e. The largest absolute Gasteiger partial charge is 0.497 e. The quantitative estimate of drug-likeness (QED) is 0.725. The van der Waals surface area contributed by atoms with Crippen molar-refractivity contribution in [1.82, 2.24) is 20.4 Å². The highest BCUT2D eigenvalue weighted by molar-refractivity contribution is 5.89. The van der Waals surface area contributed by atoms with Crippen LogP contribution in [0.2, 0.25) is 0 Å². The molecule has 0 aliphatic carbocycles. The van der Waals surface area contributed by atoms with Gasteiger partial charge in [-0.05, 0) is 29.7 Å². The number of fused-ring (bicyclic) bond motifs is 1. The molecule has 0 radical (unpaired) electrons. The summed E-state index contributed by atoms with van der Waals surface area (Å²) in [6.45, 7) is 4.00. The van der Waals surface area contributed by atoms with Crippen LogP contribution < -0.4 is 10.1 Å². The SMILES string of the molecule is COc1ccc2[nH]cc(CC(=O)NC(c3ncon3)C(C)C)c2c1. The Morgan fingerprint density at radius 3 is 2.92 bits per heavy atom. The minimum atomic E-state index is -0.281. The molecule has 3 rings (SSSR count). The van der Waals surface area contributed by atoms with Crippen LogP contribution >= 0.6 is 0 Å². The zero-order valence-electron chi connectivity index (χ0n) is 13.9. The zero-order valence-corrected chi connectivity index (χ0v) is 13.9. The van der Waals surface area contributed by atoms with Gasteiger partial charge in [-0.15, -0.1) is 0 Å². The number of carbonyl (C=O) groups is 1. The van der Waals surface area contributed by atoms with Crippen LogP contribution in [0.5, 0.6) is 5.75 Å². The second-order valence-electron chi connectivity index (χ2n) is 5.98. The van der Waals surface area contributed by atoms with Gasteiger partial charge in [-0.25, -0.2) is 0 Å². The Kier molecular flexibility index (Phi) is 4.50. The number of benzene rings is 1. The van der Waals surface area contributed by atoms with Gasteiger partial charge in [0.1, 0.15) is 5.75 Å². The first-order chi connectivity index (χ1) is 11.6. The van der Waals surface area contributed by atoms with E-state index < -0.39 is 0 Å². The Bertz CT molecular complexity index is 824. The number of aromatic amines is 1. The van der Waals surface area contributed by atoms with Crippen LogP contribution in [0, 0.1) is 5.92 Å². The number of carbonyl (C=O) groups excluding carboxylic acids is 1. The summed E-state index contributed by atoms with van der Waals surface area (Å²) in [6.07, 6.45) is 3.37. The van der Waals surface area contributed by atoms with Crippen LogP contribution in [0.1, 0.15) is 31.3 Å². The van der Waals surface area contributed by atoms with E-state index in [4.69, 9.17) is 9.26 Å². The molecular formula is C17H20N4O3. The lowest BCUT2D eigenvalue weighted by atomic mass is 10.0. The molecular weight excluding hydrogens is 308 g/mol. The van der Waals surface area contributed by atoms with Crippen LogP contribution in [-0.4, -0.2) is 28.1 Å². The number of methoxy groups -OCH3 is 1. The molecule has 0 saturated carbocycles. The molecule has 2 aromatic heterocycles. The molecule has 3 aromatic rings. The molecule has 1 atom stereocenters. The number of hydrogen-bond acceptors (Lipinski definition) is 5. The van der Waals surface area contributed by atoms with Gasteiger partial charge in [0.2, 0.25) is 12.3 Å². The predicted octanol–water partition coefficient (Wildman–Crippen LogP) is 2.62. The van der Waals surface area contributed by atoms with Crippen molar-refractivity contribution in [2.75, 3.05) is 7.11 Å². The summed E-state index contributed by atoms with van der Waals surface area (Å²) in [5.74, 6) is 1.30.